The second-order valence-electron chi connectivity index (χ2n) is 4.43. The highest BCUT2D eigenvalue weighted by atomic mass is 15.1. The molecule has 0 saturated heterocycles. The van der Waals surface area contributed by atoms with Gasteiger partial charge in [0, 0.05) is 32.0 Å². The van der Waals surface area contributed by atoms with Crippen molar-refractivity contribution < 1.29 is 0 Å². The highest BCUT2D eigenvalue weighted by Crippen LogP contribution is 2.15. The third-order valence-electron chi connectivity index (χ3n) is 2.74. The van der Waals surface area contributed by atoms with Crippen molar-refractivity contribution in [1.82, 2.24) is 0 Å². The first-order valence-corrected chi connectivity index (χ1v) is 6.25. The normalized spacial score (nSPS) is 10.2. The van der Waals surface area contributed by atoms with Crippen LogP contribution in [0.25, 0.3) is 0 Å². The molecule has 0 spiro atoms. The molecule has 2 nitrogen and oxygen atoms in total. The average Bonchev–Trinajstić information content (AvgIpc) is 2.29. The molecule has 1 aromatic rings. The van der Waals surface area contributed by atoms with E-state index in [9.17, 15) is 0 Å². The number of nitrogens with one attached hydrogen (secondary N) is 1. The van der Waals surface area contributed by atoms with E-state index in [0.717, 1.165) is 6.54 Å². The van der Waals surface area contributed by atoms with Gasteiger partial charge in [-0.1, -0.05) is 26.2 Å². The van der Waals surface area contributed by atoms with E-state index < -0.39 is 0 Å². The van der Waals surface area contributed by atoms with Crippen molar-refractivity contribution in [3.8, 4) is 0 Å². The number of hydrogen-bond acceptors (Lipinski definition) is 2. The van der Waals surface area contributed by atoms with Crippen LogP contribution < -0.4 is 10.2 Å². The first kappa shape index (κ1) is 12.9. The van der Waals surface area contributed by atoms with Crippen molar-refractivity contribution in [1.29, 1.82) is 0 Å². The molecule has 0 heterocycles. The van der Waals surface area contributed by atoms with Crippen molar-refractivity contribution >= 4 is 11.4 Å². The highest BCUT2D eigenvalue weighted by Gasteiger charge is 1.95. The van der Waals surface area contributed by atoms with Gasteiger partial charge in [0.25, 0.3) is 0 Å². The lowest BCUT2D eigenvalue weighted by Crippen LogP contribution is -2.08. The van der Waals surface area contributed by atoms with Crippen LogP contribution in [-0.4, -0.2) is 20.6 Å². The SMILES string of the molecule is CCCCCCNc1ccc(N(C)C)cc1. The van der Waals surface area contributed by atoms with E-state index in [1.54, 1.807) is 0 Å². The molecule has 0 bridgehead atoms. The predicted molar refractivity (Wildman–Crippen MR) is 73.4 cm³/mol. The fourth-order valence-electron chi connectivity index (χ4n) is 1.66. The molecule has 0 aromatic heterocycles. The smallest absolute Gasteiger partial charge is 0.0362 e. The van der Waals surface area contributed by atoms with Crippen molar-refractivity contribution in [2.24, 2.45) is 0 Å². The lowest BCUT2D eigenvalue weighted by Gasteiger charge is -2.13. The molecule has 0 amide bonds. The van der Waals surface area contributed by atoms with E-state index in [0.29, 0.717) is 0 Å². The van der Waals surface area contributed by atoms with Gasteiger partial charge in [-0.2, -0.15) is 0 Å². The number of anilines is 2. The fraction of sp³-hybridized carbons (Fsp3) is 0.571. The van der Waals surface area contributed by atoms with Crippen molar-refractivity contribution in [2.75, 3.05) is 30.9 Å². The second kappa shape index (κ2) is 7.15. The van der Waals surface area contributed by atoms with Gasteiger partial charge in [0.05, 0.1) is 0 Å². The van der Waals surface area contributed by atoms with Crippen LogP contribution >= 0.6 is 0 Å². The summed E-state index contributed by atoms with van der Waals surface area (Å²) < 4.78 is 0. The van der Waals surface area contributed by atoms with Crippen molar-refractivity contribution in [3.05, 3.63) is 24.3 Å². The summed E-state index contributed by atoms with van der Waals surface area (Å²) in [5, 5.41) is 3.45. The topological polar surface area (TPSA) is 15.3 Å². The first-order chi connectivity index (χ1) is 7.74. The third kappa shape index (κ3) is 4.56. The standard InChI is InChI=1S/C14H24N2/c1-4-5-6-7-12-15-13-8-10-14(11-9-13)16(2)3/h8-11,15H,4-7,12H2,1-3H3. The Bertz CT molecular complexity index is 277. The van der Waals surface area contributed by atoms with Gasteiger partial charge in [-0.15, -0.1) is 0 Å². The molecule has 1 N–H and O–H groups in total. The number of benzene rings is 1. The molecule has 16 heavy (non-hydrogen) atoms. The molecule has 0 fully saturated rings. The largest absolute Gasteiger partial charge is 0.385 e. The van der Waals surface area contributed by atoms with Gasteiger partial charge in [0.1, 0.15) is 0 Å². The lowest BCUT2D eigenvalue weighted by molar-refractivity contribution is 0.685. The molecule has 1 rings (SSSR count). The molecular formula is C14H24N2. The number of nitrogens with zero attached hydrogens (tertiary/aromatic N) is 1. The summed E-state index contributed by atoms with van der Waals surface area (Å²) in [6.07, 6.45) is 5.25. The Kier molecular flexibility index (Phi) is 5.76. The van der Waals surface area contributed by atoms with Gasteiger partial charge < -0.3 is 10.2 Å². The molecule has 0 radical (unpaired) electrons. The Labute approximate surface area is 99.7 Å². The quantitative estimate of drug-likeness (QED) is 0.704. The molecule has 90 valence electrons. The zero-order chi connectivity index (χ0) is 11.8. The molecule has 1 aromatic carbocycles. The van der Waals surface area contributed by atoms with Crippen LogP contribution in [0.15, 0.2) is 24.3 Å². The maximum Gasteiger partial charge on any atom is 0.0362 e. The maximum atomic E-state index is 3.45. The third-order valence-corrected chi connectivity index (χ3v) is 2.74. The number of rotatable bonds is 7. The zero-order valence-electron chi connectivity index (χ0n) is 10.8. The molecule has 0 aliphatic carbocycles. The average molecular weight is 220 g/mol. The Hall–Kier alpha value is -1.18. The first-order valence-electron chi connectivity index (χ1n) is 6.25. The minimum Gasteiger partial charge on any atom is -0.385 e. The van der Waals surface area contributed by atoms with Crippen LogP contribution in [0.1, 0.15) is 32.6 Å². The Morgan fingerprint density at radius 2 is 1.69 bits per heavy atom. The molecule has 0 unspecified atom stereocenters. The summed E-state index contributed by atoms with van der Waals surface area (Å²) >= 11 is 0. The Morgan fingerprint density at radius 3 is 2.25 bits per heavy atom. The number of unbranched alkanes of at least 4 members (excludes halogenated alkanes) is 3. The molecule has 0 aliphatic heterocycles. The Morgan fingerprint density at radius 1 is 1.00 bits per heavy atom. The van der Waals surface area contributed by atoms with Crippen molar-refractivity contribution in [2.45, 2.75) is 32.6 Å². The summed E-state index contributed by atoms with van der Waals surface area (Å²) in [6.45, 7) is 3.33. The van der Waals surface area contributed by atoms with Gasteiger partial charge in [0.2, 0.25) is 0 Å². The fourth-order valence-corrected chi connectivity index (χ4v) is 1.66. The Balaban J connectivity index is 2.27. The van der Waals surface area contributed by atoms with E-state index in [-0.39, 0.29) is 0 Å². The second-order valence-corrected chi connectivity index (χ2v) is 4.43. The highest BCUT2D eigenvalue weighted by molar-refractivity contribution is 5.54. The molecular weight excluding hydrogens is 196 g/mol. The molecule has 2 heteroatoms. The van der Waals surface area contributed by atoms with Crippen LogP contribution in [0.3, 0.4) is 0 Å². The van der Waals surface area contributed by atoms with Crippen LogP contribution in [0.5, 0.6) is 0 Å². The van der Waals surface area contributed by atoms with E-state index >= 15 is 0 Å². The summed E-state index contributed by atoms with van der Waals surface area (Å²) in [7, 11) is 4.13. The number of hydrogen-bond donors (Lipinski definition) is 1. The van der Waals surface area contributed by atoms with E-state index in [1.165, 1.54) is 37.1 Å². The van der Waals surface area contributed by atoms with E-state index in [2.05, 4.69) is 55.5 Å². The lowest BCUT2D eigenvalue weighted by atomic mass is 10.2. The van der Waals surface area contributed by atoms with Crippen LogP contribution in [-0.2, 0) is 0 Å². The van der Waals surface area contributed by atoms with Gasteiger partial charge in [-0.25, -0.2) is 0 Å². The summed E-state index contributed by atoms with van der Waals surface area (Å²) in [4.78, 5) is 2.12. The van der Waals surface area contributed by atoms with Gasteiger partial charge in [0.15, 0.2) is 0 Å². The van der Waals surface area contributed by atoms with Crippen LogP contribution in [0.4, 0.5) is 11.4 Å². The van der Waals surface area contributed by atoms with Crippen LogP contribution in [0, 0.1) is 0 Å². The van der Waals surface area contributed by atoms with E-state index in [4.69, 9.17) is 0 Å². The zero-order valence-corrected chi connectivity index (χ0v) is 10.8. The monoisotopic (exact) mass is 220 g/mol. The summed E-state index contributed by atoms with van der Waals surface area (Å²) in [5.41, 5.74) is 2.47. The molecule has 0 saturated carbocycles. The summed E-state index contributed by atoms with van der Waals surface area (Å²) in [6, 6.07) is 8.59. The molecule has 0 atom stereocenters. The van der Waals surface area contributed by atoms with Gasteiger partial charge in [-0.3, -0.25) is 0 Å². The van der Waals surface area contributed by atoms with E-state index in [1.807, 2.05) is 0 Å². The van der Waals surface area contributed by atoms with Gasteiger partial charge in [-0.05, 0) is 30.7 Å². The summed E-state index contributed by atoms with van der Waals surface area (Å²) in [5.74, 6) is 0. The minimum absolute atomic E-state index is 1.08. The minimum atomic E-state index is 1.08. The van der Waals surface area contributed by atoms with Crippen molar-refractivity contribution in [3.63, 3.8) is 0 Å². The van der Waals surface area contributed by atoms with Gasteiger partial charge >= 0.3 is 0 Å². The van der Waals surface area contributed by atoms with Crippen LogP contribution in [0.2, 0.25) is 0 Å². The molecule has 0 aliphatic rings. The predicted octanol–water partition coefficient (Wildman–Crippen LogP) is 3.74. The maximum absolute atomic E-state index is 3.45.